The SMILES string of the molecule is FC(F)[Si]CCCCl. The lowest BCUT2D eigenvalue weighted by atomic mass is 10.6. The Hall–Kier alpha value is 0.367. The fraction of sp³-hybridized carbons (Fsp3) is 1.00. The number of hydrogen-bond donors (Lipinski definition) is 0. The predicted octanol–water partition coefficient (Wildman–Crippen LogP) is 1.96. The second kappa shape index (κ2) is 5.50. The van der Waals surface area contributed by atoms with Gasteiger partial charge in [0.15, 0.2) is 0 Å². The molecule has 0 rings (SSSR count). The molecule has 0 N–H and O–H groups in total. The van der Waals surface area contributed by atoms with Gasteiger partial charge in [-0.3, -0.25) is 0 Å². The zero-order valence-electron chi connectivity index (χ0n) is 4.33. The Balaban J connectivity index is 2.72. The van der Waals surface area contributed by atoms with Crippen LogP contribution in [0, 0.1) is 0 Å². The Kier molecular flexibility index (Phi) is 5.75. The minimum absolute atomic E-state index is 0.222. The molecule has 0 bridgehead atoms. The van der Waals surface area contributed by atoms with Crippen LogP contribution in [0.3, 0.4) is 0 Å². The average Bonchev–Trinajstić information content (AvgIpc) is 1.66. The van der Waals surface area contributed by atoms with Crippen molar-refractivity contribution in [1.82, 2.24) is 0 Å². The van der Waals surface area contributed by atoms with Crippen LogP contribution in [0.5, 0.6) is 0 Å². The van der Waals surface area contributed by atoms with E-state index in [0.717, 1.165) is 0 Å². The van der Waals surface area contributed by atoms with Gasteiger partial charge in [0.05, 0.1) is 0 Å². The molecule has 0 aromatic carbocycles. The van der Waals surface area contributed by atoms with E-state index in [1.165, 1.54) is 0 Å². The van der Waals surface area contributed by atoms with Crippen LogP contribution in [0.1, 0.15) is 6.42 Å². The summed E-state index contributed by atoms with van der Waals surface area (Å²) >= 11 is 5.24. The monoisotopic (exact) mass is 156 g/mol. The van der Waals surface area contributed by atoms with Crippen molar-refractivity contribution in [3.63, 3.8) is 0 Å². The zero-order valence-corrected chi connectivity index (χ0v) is 6.09. The van der Waals surface area contributed by atoms with Crippen LogP contribution in [0.25, 0.3) is 0 Å². The third-order valence-electron chi connectivity index (χ3n) is 0.609. The maximum atomic E-state index is 11.3. The second-order valence-corrected chi connectivity index (χ2v) is 3.02. The summed E-state index contributed by atoms with van der Waals surface area (Å²) in [5, 5.41) is 0. The summed E-state index contributed by atoms with van der Waals surface area (Å²) < 4.78 is 22.7. The summed E-state index contributed by atoms with van der Waals surface area (Å²) in [5.74, 6) is 0.500. The quantitative estimate of drug-likeness (QED) is 0.332. The molecule has 0 saturated carbocycles. The van der Waals surface area contributed by atoms with Crippen molar-refractivity contribution < 1.29 is 8.78 Å². The van der Waals surface area contributed by atoms with E-state index in [2.05, 4.69) is 0 Å². The summed E-state index contributed by atoms with van der Waals surface area (Å²) in [5.41, 5.74) is 0. The highest BCUT2D eigenvalue weighted by Crippen LogP contribution is 1.97. The highest BCUT2D eigenvalue weighted by molar-refractivity contribution is 6.36. The van der Waals surface area contributed by atoms with Crippen molar-refractivity contribution in [1.29, 1.82) is 0 Å². The highest BCUT2D eigenvalue weighted by Gasteiger charge is 2.01. The van der Waals surface area contributed by atoms with Crippen LogP contribution in [-0.4, -0.2) is 21.4 Å². The number of alkyl halides is 3. The van der Waals surface area contributed by atoms with E-state index in [1.54, 1.807) is 0 Å². The van der Waals surface area contributed by atoms with E-state index in [0.29, 0.717) is 18.3 Å². The van der Waals surface area contributed by atoms with Crippen molar-refractivity contribution in [2.24, 2.45) is 0 Å². The van der Waals surface area contributed by atoms with Gasteiger partial charge < -0.3 is 0 Å². The molecular weight excluding hydrogens is 150 g/mol. The van der Waals surface area contributed by atoms with Gasteiger partial charge >= 0.3 is 0 Å². The van der Waals surface area contributed by atoms with Crippen molar-refractivity contribution in [2.75, 3.05) is 5.88 Å². The fourth-order valence-corrected chi connectivity index (χ4v) is 1.23. The largest absolute Gasteiger partial charge is 0.216 e. The van der Waals surface area contributed by atoms with Crippen LogP contribution in [0.4, 0.5) is 8.78 Å². The van der Waals surface area contributed by atoms with Gasteiger partial charge in [-0.05, 0) is 6.42 Å². The molecule has 48 valence electrons. The lowest BCUT2D eigenvalue weighted by Crippen LogP contribution is -2.02. The molecule has 0 atom stereocenters. The molecule has 0 unspecified atom stereocenters. The third-order valence-corrected chi connectivity index (χ3v) is 1.83. The molecule has 0 amide bonds. The molecule has 0 spiro atoms. The van der Waals surface area contributed by atoms with Crippen LogP contribution in [-0.2, 0) is 0 Å². The Morgan fingerprint density at radius 1 is 1.50 bits per heavy atom. The molecular formula is C4H7ClF2Si. The van der Waals surface area contributed by atoms with E-state index < -0.39 is 6.05 Å². The van der Waals surface area contributed by atoms with E-state index in [4.69, 9.17) is 11.6 Å². The van der Waals surface area contributed by atoms with E-state index in [-0.39, 0.29) is 9.52 Å². The third kappa shape index (κ3) is 6.37. The van der Waals surface area contributed by atoms with Crippen LogP contribution in [0.2, 0.25) is 6.04 Å². The standard InChI is InChI=1S/C4H7ClF2Si/c5-2-1-3-8-4(6)7/h4H,1-3H2. The first-order valence-corrected chi connectivity index (χ1v) is 4.16. The smallest absolute Gasteiger partial charge is 0.216 e. The summed E-state index contributed by atoms with van der Waals surface area (Å²) in [6.07, 6.45) is 0.713. The first-order valence-electron chi connectivity index (χ1n) is 2.35. The first-order chi connectivity index (χ1) is 3.77. The van der Waals surface area contributed by atoms with E-state index in [1.807, 2.05) is 0 Å². The molecule has 4 heteroatoms. The molecule has 0 aliphatic carbocycles. The second-order valence-electron chi connectivity index (χ2n) is 1.30. The van der Waals surface area contributed by atoms with Crippen molar-refractivity contribution in [3.8, 4) is 0 Å². The van der Waals surface area contributed by atoms with Gasteiger partial charge in [-0.1, -0.05) is 6.04 Å². The number of hydrogen-bond acceptors (Lipinski definition) is 0. The Morgan fingerprint density at radius 3 is 2.50 bits per heavy atom. The molecule has 0 aliphatic rings. The average molecular weight is 157 g/mol. The van der Waals surface area contributed by atoms with E-state index >= 15 is 0 Å². The Bertz CT molecular complexity index is 51.3. The van der Waals surface area contributed by atoms with Gasteiger partial charge in [-0.25, -0.2) is 8.78 Å². The van der Waals surface area contributed by atoms with E-state index in [9.17, 15) is 8.78 Å². The van der Waals surface area contributed by atoms with Crippen LogP contribution >= 0.6 is 11.6 Å². The zero-order chi connectivity index (χ0) is 6.41. The lowest BCUT2D eigenvalue weighted by molar-refractivity contribution is 0.237. The normalized spacial score (nSPS) is 10.5. The van der Waals surface area contributed by atoms with Gasteiger partial charge in [0, 0.05) is 5.88 Å². The number of rotatable bonds is 4. The molecule has 0 heterocycles. The molecule has 8 heavy (non-hydrogen) atoms. The molecule has 0 saturated heterocycles. The maximum absolute atomic E-state index is 11.3. The first kappa shape index (κ1) is 8.37. The summed E-state index contributed by atoms with van der Waals surface area (Å²) in [4.78, 5) is 0. The van der Waals surface area contributed by atoms with Gasteiger partial charge in [0.2, 0.25) is 6.05 Å². The van der Waals surface area contributed by atoms with Crippen molar-refractivity contribution >= 4 is 21.1 Å². The molecule has 0 aliphatic heterocycles. The van der Waals surface area contributed by atoms with Crippen LogP contribution in [0.15, 0.2) is 0 Å². The van der Waals surface area contributed by atoms with Crippen molar-refractivity contribution in [3.05, 3.63) is 0 Å². The van der Waals surface area contributed by atoms with Gasteiger partial charge in [-0.15, -0.1) is 11.6 Å². The lowest BCUT2D eigenvalue weighted by Gasteiger charge is -1.92. The Morgan fingerprint density at radius 2 is 2.12 bits per heavy atom. The molecule has 2 radical (unpaired) electrons. The maximum Gasteiger partial charge on any atom is 0.216 e. The van der Waals surface area contributed by atoms with Gasteiger partial charge in [0.1, 0.15) is 9.52 Å². The van der Waals surface area contributed by atoms with Crippen molar-refractivity contribution in [2.45, 2.75) is 18.5 Å². The summed E-state index contributed by atoms with van der Waals surface area (Å²) in [6, 6.07) is -1.56. The molecule has 0 aromatic heterocycles. The van der Waals surface area contributed by atoms with Gasteiger partial charge in [-0.2, -0.15) is 0 Å². The van der Waals surface area contributed by atoms with Crippen LogP contribution < -0.4 is 0 Å². The van der Waals surface area contributed by atoms with Gasteiger partial charge in [0.25, 0.3) is 0 Å². The minimum atomic E-state index is -2.13. The molecule has 0 fully saturated rings. The molecule has 0 aromatic rings. The minimum Gasteiger partial charge on any atom is -0.216 e. The Labute approximate surface area is 55.0 Å². The fourth-order valence-electron chi connectivity index (χ4n) is 0.278. The highest BCUT2D eigenvalue weighted by atomic mass is 35.5. The molecule has 0 nitrogen and oxygen atoms in total. The summed E-state index contributed by atoms with van der Waals surface area (Å²) in [7, 11) is -0.222. The number of halogens is 3. The topological polar surface area (TPSA) is 0 Å². The summed E-state index contributed by atoms with van der Waals surface area (Å²) in [6.45, 7) is 0. The predicted molar refractivity (Wildman–Crippen MR) is 31.9 cm³/mol.